The van der Waals surface area contributed by atoms with Crippen molar-refractivity contribution in [3.63, 3.8) is 0 Å². The van der Waals surface area contributed by atoms with Gasteiger partial charge in [0.25, 0.3) is 0 Å². The Labute approximate surface area is 92.4 Å². The van der Waals surface area contributed by atoms with E-state index in [2.05, 4.69) is 10.1 Å². The quantitative estimate of drug-likeness (QED) is 0.842. The van der Waals surface area contributed by atoms with Crippen LogP contribution in [0.25, 0.3) is 0 Å². The van der Waals surface area contributed by atoms with Crippen LogP contribution in [-0.4, -0.2) is 12.5 Å². The monoisotopic (exact) mass is 229 g/mol. The summed E-state index contributed by atoms with van der Waals surface area (Å²) in [7, 11) is 0. The van der Waals surface area contributed by atoms with Gasteiger partial charge in [0, 0.05) is 6.42 Å². The molecule has 0 heterocycles. The van der Waals surface area contributed by atoms with Crippen LogP contribution < -0.4 is 10.1 Å². The third-order valence-electron chi connectivity index (χ3n) is 1.85. The van der Waals surface area contributed by atoms with Gasteiger partial charge in [-0.3, -0.25) is 4.79 Å². The van der Waals surface area contributed by atoms with Gasteiger partial charge in [0.15, 0.2) is 0 Å². The summed E-state index contributed by atoms with van der Waals surface area (Å²) in [6, 6.07) is 6.10. The third-order valence-corrected chi connectivity index (χ3v) is 1.85. The maximum absolute atomic E-state index is 12.1. The highest BCUT2D eigenvalue weighted by Gasteiger charge is 2.10. The fraction of sp³-hybridized carbons (Fsp3) is 0.364. The first-order valence-electron chi connectivity index (χ1n) is 4.97. The van der Waals surface area contributed by atoms with Gasteiger partial charge in [-0.2, -0.15) is 8.78 Å². The van der Waals surface area contributed by atoms with Gasteiger partial charge >= 0.3 is 6.61 Å². The molecule has 1 N–H and O–H groups in total. The molecule has 0 unspecified atom stereocenters. The summed E-state index contributed by atoms with van der Waals surface area (Å²) in [5.41, 5.74) is 0.265. The van der Waals surface area contributed by atoms with Gasteiger partial charge < -0.3 is 10.1 Å². The molecule has 0 spiro atoms. The Morgan fingerprint density at radius 2 is 2.12 bits per heavy atom. The largest absolute Gasteiger partial charge is 0.433 e. The number of carbonyl (C=O) groups excluding carboxylic acids is 1. The lowest BCUT2D eigenvalue weighted by Crippen LogP contribution is -2.12. The minimum Gasteiger partial charge on any atom is -0.433 e. The van der Waals surface area contributed by atoms with Gasteiger partial charge in [0.1, 0.15) is 5.75 Å². The van der Waals surface area contributed by atoms with Crippen molar-refractivity contribution in [3.8, 4) is 5.75 Å². The van der Waals surface area contributed by atoms with E-state index in [0.717, 1.165) is 0 Å². The highest BCUT2D eigenvalue weighted by atomic mass is 19.3. The molecule has 1 aromatic carbocycles. The van der Waals surface area contributed by atoms with E-state index in [-0.39, 0.29) is 17.3 Å². The van der Waals surface area contributed by atoms with Crippen LogP contribution in [0.4, 0.5) is 14.5 Å². The number of amides is 1. The lowest BCUT2D eigenvalue weighted by atomic mass is 10.2. The SMILES string of the molecule is CCCC(=O)Nc1ccccc1OC(F)F. The van der Waals surface area contributed by atoms with Crippen LogP contribution in [0.1, 0.15) is 19.8 Å². The standard InChI is InChI=1S/C11H13F2NO2/c1-2-5-10(15)14-8-6-3-4-7-9(8)16-11(12)13/h3-4,6-7,11H,2,5H2,1H3,(H,14,15). The van der Waals surface area contributed by atoms with Crippen molar-refractivity contribution in [3.05, 3.63) is 24.3 Å². The van der Waals surface area contributed by atoms with Crippen molar-refractivity contribution < 1.29 is 18.3 Å². The van der Waals surface area contributed by atoms with E-state index in [1.165, 1.54) is 12.1 Å². The average molecular weight is 229 g/mol. The number of nitrogens with one attached hydrogen (secondary N) is 1. The maximum Gasteiger partial charge on any atom is 0.387 e. The zero-order valence-corrected chi connectivity index (χ0v) is 8.87. The van der Waals surface area contributed by atoms with Crippen LogP contribution in [0.15, 0.2) is 24.3 Å². The second kappa shape index (κ2) is 6.05. The zero-order valence-electron chi connectivity index (χ0n) is 8.87. The summed E-state index contributed by atoms with van der Waals surface area (Å²) in [5, 5.41) is 2.52. The number of para-hydroxylation sites is 2. The highest BCUT2D eigenvalue weighted by molar-refractivity contribution is 5.92. The lowest BCUT2D eigenvalue weighted by Gasteiger charge is -2.11. The van der Waals surface area contributed by atoms with Crippen LogP contribution in [0.3, 0.4) is 0 Å². The smallest absolute Gasteiger partial charge is 0.387 e. The van der Waals surface area contributed by atoms with E-state index in [9.17, 15) is 13.6 Å². The van der Waals surface area contributed by atoms with E-state index in [0.29, 0.717) is 12.8 Å². The molecule has 0 bridgehead atoms. The molecule has 88 valence electrons. The molecule has 0 radical (unpaired) electrons. The molecule has 0 fully saturated rings. The topological polar surface area (TPSA) is 38.3 Å². The van der Waals surface area contributed by atoms with E-state index < -0.39 is 6.61 Å². The Bertz CT molecular complexity index is 356. The number of anilines is 1. The van der Waals surface area contributed by atoms with E-state index >= 15 is 0 Å². The van der Waals surface area contributed by atoms with Gasteiger partial charge in [-0.05, 0) is 18.6 Å². The van der Waals surface area contributed by atoms with Crippen molar-refractivity contribution in [2.75, 3.05) is 5.32 Å². The van der Waals surface area contributed by atoms with Gasteiger partial charge in [-0.25, -0.2) is 0 Å². The predicted octanol–water partition coefficient (Wildman–Crippen LogP) is 3.03. The second-order valence-electron chi connectivity index (χ2n) is 3.17. The van der Waals surface area contributed by atoms with Crippen LogP contribution in [0, 0.1) is 0 Å². The fourth-order valence-electron chi connectivity index (χ4n) is 1.21. The normalized spacial score (nSPS) is 10.2. The molecule has 0 saturated carbocycles. The van der Waals surface area contributed by atoms with Crippen LogP contribution in [0.5, 0.6) is 5.75 Å². The fourth-order valence-corrected chi connectivity index (χ4v) is 1.21. The van der Waals surface area contributed by atoms with Gasteiger partial charge in [0.05, 0.1) is 5.69 Å². The van der Waals surface area contributed by atoms with E-state index in [4.69, 9.17) is 0 Å². The molecule has 0 aliphatic heterocycles. The molecular weight excluding hydrogens is 216 g/mol. The molecule has 1 aromatic rings. The predicted molar refractivity (Wildman–Crippen MR) is 56.6 cm³/mol. The molecule has 0 aliphatic rings. The van der Waals surface area contributed by atoms with Crippen molar-refractivity contribution in [1.29, 1.82) is 0 Å². The summed E-state index contributed by atoms with van der Waals surface area (Å²) >= 11 is 0. The van der Waals surface area contributed by atoms with Crippen LogP contribution in [0.2, 0.25) is 0 Å². The first-order valence-corrected chi connectivity index (χ1v) is 4.97. The minimum atomic E-state index is -2.90. The summed E-state index contributed by atoms with van der Waals surface area (Å²) < 4.78 is 28.4. The Morgan fingerprint density at radius 1 is 1.44 bits per heavy atom. The summed E-state index contributed by atoms with van der Waals surface area (Å²) in [5.74, 6) is -0.241. The number of halogens is 2. The van der Waals surface area contributed by atoms with Gasteiger partial charge in [0.2, 0.25) is 5.91 Å². The average Bonchev–Trinajstić information content (AvgIpc) is 2.20. The molecule has 0 atom stereocenters. The number of benzene rings is 1. The number of carbonyl (C=O) groups is 1. The number of hydrogen-bond donors (Lipinski definition) is 1. The summed E-state index contributed by atoms with van der Waals surface area (Å²) in [6.07, 6.45) is 1.05. The molecule has 3 nitrogen and oxygen atoms in total. The molecule has 1 amide bonds. The molecule has 5 heteroatoms. The van der Waals surface area contributed by atoms with Crippen molar-refractivity contribution in [2.45, 2.75) is 26.4 Å². The minimum absolute atomic E-state index is 0.0260. The highest BCUT2D eigenvalue weighted by Crippen LogP contribution is 2.25. The van der Waals surface area contributed by atoms with Crippen LogP contribution in [-0.2, 0) is 4.79 Å². The van der Waals surface area contributed by atoms with Gasteiger partial charge in [-0.15, -0.1) is 0 Å². The number of alkyl halides is 2. The van der Waals surface area contributed by atoms with Crippen molar-refractivity contribution >= 4 is 11.6 Å². The number of ether oxygens (including phenoxy) is 1. The number of rotatable bonds is 5. The maximum atomic E-state index is 12.1. The first kappa shape index (κ1) is 12.4. The third kappa shape index (κ3) is 3.84. The Kier molecular flexibility index (Phi) is 4.69. The Morgan fingerprint density at radius 3 is 2.75 bits per heavy atom. The molecule has 0 saturated heterocycles. The molecule has 0 aromatic heterocycles. The lowest BCUT2D eigenvalue weighted by molar-refractivity contribution is -0.116. The Hall–Kier alpha value is -1.65. The Balaban J connectivity index is 2.74. The number of hydrogen-bond acceptors (Lipinski definition) is 2. The summed E-state index contributed by atoms with van der Waals surface area (Å²) in [6.45, 7) is -1.04. The van der Waals surface area contributed by atoms with E-state index in [1.54, 1.807) is 12.1 Å². The molecular formula is C11H13F2NO2. The summed E-state index contributed by atoms with van der Waals surface area (Å²) in [4.78, 5) is 11.3. The molecule has 0 aliphatic carbocycles. The second-order valence-corrected chi connectivity index (χ2v) is 3.17. The first-order chi connectivity index (χ1) is 7.63. The zero-order chi connectivity index (χ0) is 12.0. The molecule has 16 heavy (non-hydrogen) atoms. The molecule has 1 rings (SSSR count). The van der Waals surface area contributed by atoms with E-state index in [1.807, 2.05) is 6.92 Å². The van der Waals surface area contributed by atoms with Crippen molar-refractivity contribution in [2.24, 2.45) is 0 Å². The van der Waals surface area contributed by atoms with Gasteiger partial charge in [-0.1, -0.05) is 19.1 Å². The van der Waals surface area contributed by atoms with Crippen LogP contribution >= 0.6 is 0 Å². The van der Waals surface area contributed by atoms with Crippen molar-refractivity contribution in [1.82, 2.24) is 0 Å².